The monoisotopic (exact) mass is 454 g/mol. The van der Waals surface area contributed by atoms with Gasteiger partial charge in [-0.15, -0.1) is 0 Å². The Morgan fingerprint density at radius 3 is 2.63 bits per heavy atom. The summed E-state index contributed by atoms with van der Waals surface area (Å²) in [5, 5.41) is 2.97. The molecule has 3 rings (SSSR count). The number of rotatable bonds is 7. The van der Waals surface area contributed by atoms with Gasteiger partial charge in [0.15, 0.2) is 11.5 Å². The molecule has 0 fully saturated rings. The van der Waals surface area contributed by atoms with E-state index in [2.05, 4.69) is 5.32 Å². The van der Waals surface area contributed by atoms with E-state index < -0.39 is 28.1 Å². The van der Waals surface area contributed by atoms with E-state index in [4.69, 9.17) is 25.8 Å². The lowest BCUT2D eigenvalue weighted by molar-refractivity contribution is -0.122. The fraction of sp³-hybridized carbons (Fsp3) is 0.350. The van der Waals surface area contributed by atoms with Crippen LogP contribution in [0, 0.1) is 0 Å². The lowest BCUT2D eigenvalue weighted by Gasteiger charge is -2.30. The Kier molecular flexibility index (Phi) is 6.62. The Hall–Kier alpha value is -2.65. The van der Waals surface area contributed by atoms with Gasteiger partial charge in [-0.05, 0) is 37.3 Å². The van der Waals surface area contributed by atoms with Crippen LogP contribution < -0.4 is 23.8 Å². The lowest BCUT2D eigenvalue weighted by atomic mass is 10.2. The van der Waals surface area contributed by atoms with Crippen molar-refractivity contribution in [3.63, 3.8) is 0 Å². The second-order valence-corrected chi connectivity index (χ2v) is 9.06. The van der Waals surface area contributed by atoms with Crippen LogP contribution in [0.3, 0.4) is 0 Å². The minimum atomic E-state index is -3.76. The number of carbonyl (C=O) groups is 1. The second-order valence-electron chi connectivity index (χ2n) is 6.80. The van der Waals surface area contributed by atoms with Crippen molar-refractivity contribution in [2.75, 3.05) is 30.8 Å². The molecule has 1 aliphatic heterocycles. The highest BCUT2D eigenvalue weighted by atomic mass is 35.5. The summed E-state index contributed by atoms with van der Waals surface area (Å²) in [6.07, 6.45) is 0.641. The zero-order valence-electron chi connectivity index (χ0n) is 16.8. The number of methoxy groups -OCH3 is 1. The molecule has 8 nitrogen and oxygen atoms in total. The Labute approximate surface area is 180 Å². The number of para-hydroxylation sites is 2. The molecule has 0 saturated carbocycles. The summed E-state index contributed by atoms with van der Waals surface area (Å²) < 4.78 is 42.4. The van der Waals surface area contributed by atoms with Gasteiger partial charge in [0.2, 0.25) is 15.9 Å². The number of fused-ring (bicyclic) bond motifs is 1. The molecule has 0 aliphatic carbocycles. The van der Waals surface area contributed by atoms with Crippen molar-refractivity contribution in [3.05, 3.63) is 47.5 Å². The molecular formula is C20H23ClN2O6S. The molecule has 1 N–H and O–H groups in total. The normalized spacial score (nSPS) is 16.5. The molecule has 0 aromatic heterocycles. The van der Waals surface area contributed by atoms with Crippen LogP contribution >= 0.6 is 11.6 Å². The first-order valence-corrected chi connectivity index (χ1v) is 11.4. The Bertz CT molecular complexity index is 1030. The molecule has 1 amide bonds. The van der Waals surface area contributed by atoms with E-state index in [1.165, 1.54) is 26.2 Å². The lowest BCUT2D eigenvalue weighted by Crippen LogP contribution is -2.50. The standard InChI is InChI=1S/C20H23ClN2O6S/c1-13(23(30(3,25)26)14-8-9-17(27-2)16(21)10-14)20(24)22-11-15-12-28-18-6-4-5-7-19(18)29-15/h4-10,13,15H,11-12H2,1-3H3,(H,22,24)/t13-,15-/m0/s1. The molecule has 0 saturated heterocycles. The first-order valence-electron chi connectivity index (χ1n) is 9.20. The molecule has 30 heavy (non-hydrogen) atoms. The van der Waals surface area contributed by atoms with Gasteiger partial charge in [-0.3, -0.25) is 9.10 Å². The molecule has 2 aromatic carbocycles. The quantitative estimate of drug-likeness (QED) is 0.690. The van der Waals surface area contributed by atoms with E-state index in [1.54, 1.807) is 18.2 Å². The van der Waals surface area contributed by atoms with Gasteiger partial charge in [0.05, 0.1) is 30.6 Å². The maximum atomic E-state index is 12.7. The van der Waals surface area contributed by atoms with Crippen molar-refractivity contribution in [1.29, 1.82) is 0 Å². The van der Waals surface area contributed by atoms with E-state index in [9.17, 15) is 13.2 Å². The highest BCUT2D eigenvalue weighted by Crippen LogP contribution is 2.32. The van der Waals surface area contributed by atoms with Gasteiger partial charge in [0, 0.05) is 0 Å². The molecule has 0 bridgehead atoms. The maximum absolute atomic E-state index is 12.7. The van der Waals surface area contributed by atoms with Crippen molar-refractivity contribution < 1.29 is 27.4 Å². The number of amides is 1. The number of carbonyl (C=O) groups excluding carboxylic acids is 1. The van der Waals surface area contributed by atoms with Crippen LogP contribution in [-0.2, 0) is 14.8 Å². The Balaban J connectivity index is 1.70. The van der Waals surface area contributed by atoms with Crippen LogP contribution in [0.15, 0.2) is 42.5 Å². The van der Waals surface area contributed by atoms with Gasteiger partial charge >= 0.3 is 0 Å². The number of halogens is 1. The van der Waals surface area contributed by atoms with Crippen LogP contribution in [0.5, 0.6) is 17.2 Å². The van der Waals surface area contributed by atoms with Crippen LogP contribution in [0.1, 0.15) is 6.92 Å². The Morgan fingerprint density at radius 2 is 2.00 bits per heavy atom. The van der Waals surface area contributed by atoms with Gasteiger partial charge in [0.25, 0.3) is 0 Å². The summed E-state index contributed by atoms with van der Waals surface area (Å²) in [7, 11) is -2.31. The average molecular weight is 455 g/mol. The summed E-state index contributed by atoms with van der Waals surface area (Å²) >= 11 is 6.13. The van der Waals surface area contributed by atoms with Gasteiger partial charge in [-0.2, -0.15) is 0 Å². The summed E-state index contributed by atoms with van der Waals surface area (Å²) in [5.74, 6) is 1.17. The fourth-order valence-electron chi connectivity index (χ4n) is 3.13. The van der Waals surface area contributed by atoms with Crippen LogP contribution in [-0.4, -0.2) is 53.0 Å². The third-order valence-electron chi connectivity index (χ3n) is 4.55. The van der Waals surface area contributed by atoms with Crippen LogP contribution in [0.25, 0.3) is 0 Å². The van der Waals surface area contributed by atoms with Crippen molar-refractivity contribution in [2.45, 2.75) is 19.1 Å². The predicted octanol–water partition coefficient (Wildman–Crippen LogP) is 2.46. The number of hydrogen-bond acceptors (Lipinski definition) is 6. The summed E-state index contributed by atoms with van der Waals surface area (Å²) in [6, 6.07) is 10.8. The third-order valence-corrected chi connectivity index (χ3v) is 6.09. The van der Waals surface area contributed by atoms with Crippen LogP contribution in [0.2, 0.25) is 5.02 Å². The topological polar surface area (TPSA) is 94.2 Å². The van der Waals surface area contributed by atoms with Crippen molar-refractivity contribution in [2.24, 2.45) is 0 Å². The molecule has 10 heteroatoms. The largest absolute Gasteiger partial charge is 0.495 e. The van der Waals surface area contributed by atoms with Crippen molar-refractivity contribution >= 4 is 33.2 Å². The van der Waals surface area contributed by atoms with E-state index in [0.717, 1.165) is 10.6 Å². The first-order chi connectivity index (χ1) is 14.2. The molecule has 0 spiro atoms. The summed E-state index contributed by atoms with van der Waals surface area (Å²) in [5.41, 5.74) is 0.261. The van der Waals surface area contributed by atoms with Crippen molar-refractivity contribution in [1.82, 2.24) is 5.32 Å². The minimum absolute atomic E-state index is 0.165. The van der Waals surface area contributed by atoms with E-state index in [-0.39, 0.29) is 23.9 Å². The molecule has 162 valence electrons. The van der Waals surface area contributed by atoms with Gasteiger partial charge in [0.1, 0.15) is 24.5 Å². The van der Waals surface area contributed by atoms with Gasteiger partial charge < -0.3 is 19.5 Å². The Morgan fingerprint density at radius 1 is 1.30 bits per heavy atom. The second kappa shape index (κ2) is 9.01. The zero-order chi connectivity index (χ0) is 21.9. The number of sulfonamides is 1. The number of hydrogen-bond donors (Lipinski definition) is 1. The molecule has 2 aromatic rings. The average Bonchev–Trinajstić information content (AvgIpc) is 2.71. The zero-order valence-corrected chi connectivity index (χ0v) is 18.4. The molecule has 0 unspecified atom stereocenters. The van der Waals surface area contributed by atoms with Crippen LogP contribution in [0.4, 0.5) is 5.69 Å². The highest BCUT2D eigenvalue weighted by Gasteiger charge is 2.30. The summed E-state index contributed by atoms with van der Waals surface area (Å²) in [4.78, 5) is 12.7. The minimum Gasteiger partial charge on any atom is -0.495 e. The fourth-order valence-corrected chi connectivity index (χ4v) is 4.55. The number of nitrogens with one attached hydrogen (secondary N) is 1. The predicted molar refractivity (Wildman–Crippen MR) is 114 cm³/mol. The third kappa shape index (κ3) is 4.91. The smallest absolute Gasteiger partial charge is 0.243 e. The van der Waals surface area contributed by atoms with E-state index in [1.807, 2.05) is 12.1 Å². The van der Waals surface area contributed by atoms with Gasteiger partial charge in [-0.1, -0.05) is 23.7 Å². The number of benzene rings is 2. The molecular weight excluding hydrogens is 432 g/mol. The first kappa shape index (κ1) is 22.0. The highest BCUT2D eigenvalue weighted by molar-refractivity contribution is 7.92. The number of nitrogens with zero attached hydrogens (tertiary/aromatic N) is 1. The molecule has 2 atom stereocenters. The number of ether oxygens (including phenoxy) is 3. The molecule has 1 aliphatic rings. The number of anilines is 1. The van der Waals surface area contributed by atoms with E-state index >= 15 is 0 Å². The molecule has 0 radical (unpaired) electrons. The summed E-state index contributed by atoms with van der Waals surface area (Å²) in [6.45, 7) is 1.94. The van der Waals surface area contributed by atoms with Gasteiger partial charge in [-0.25, -0.2) is 8.42 Å². The molecule has 1 heterocycles. The van der Waals surface area contributed by atoms with Crippen molar-refractivity contribution in [3.8, 4) is 17.2 Å². The maximum Gasteiger partial charge on any atom is 0.243 e. The van der Waals surface area contributed by atoms with E-state index in [0.29, 0.717) is 17.2 Å². The SMILES string of the molecule is COc1ccc(N([C@@H](C)C(=O)NC[C@H]2COc3ccccc3O2)S(C)(=O)=O)cc1Cl.